The molecule has 2 unspecified atom stereocenters. The third kappa shape index (κ3) is 1.68. The van der Waals surface area contributed by atoms with E-state index in [2.05, 4.69) is 86.1 Å². The molecule has 1 saturated heterocycles. The number of hydrogen-bond donors (Lipinski definition) is 0. The van der Waals surface area contributed by atoms with Crippen LogP contribution in [-0.4, -0.2) is 19.0 Å². The van der Waals surface area contributed by atoms with Crippen LogP contribution in [0.25, 0.3) is 22.4 Å². The number of pyridine rings is 1. The summed E-state index contributed by atoms with van der Waals surface area (Å²) in [7, 11) is 3.48. The summed E-state index contributed by atoms with van der Waals surface area (Å²) in [5.41, 5.74) is 9.00. The summed E-state index contributed by atoms with van der Waals surface area (Å²) in [5, 5.41) is 0. The van der Waals surface area contributed by atoms with Crippen molar-refractivity contribution < 1.29 is 19.1 Å². The van der Waals surface area contributed by atoms with Crippen LogP contribution in [0.1, 0.15) is 43.6 Å². The molecule has 1 fully saturated rings. The Morgan fingerprint density at radius 1 is 0.828 bits per heavy atom. The first kappa shape index (κ1) is 17.3. The number of fused-ring (bicyclic) bond motifs is 10. The Labute approximate surface area is 171 Å². The molecule has 1 aromatic heterocycles. The molecule has 0 saturated carbocycles. The topological polar surface area (TPSA) is 22.3 Å². The second kappa shape index (κ2) is 5.14. The van der Waals surface area contributed by atoms with Gasteiger partial charge >= 0.3 is 11.7 Å². The molecule has 0 amide bonds. The van der Waals surface area contributed by atoms with Gasteiger partial charge in [-0.2, -0.15) is 9.68 Å². The summed E-state index contributed by atoms with van der Waals surface area (Å²) in [4.78, 5) is 12.1. The minimum Gasteiger partial charge on any atom is -0.164 e. The second-order valence-electron chi connectivity index (χ2n) is 9.06. The highest BCUT2D eigenvalue weighted by Gasteiger charge is 2.93. The summed E-state index contributed by atoms with van der Waals surface area (Å²) >= 11 is 0. The van der Waals surface area contributed by atoms with Crippen LogP contribution in [-0.2, 0) is 20.6 Å². The molecule has 4 nitrogen and oxygen atoms in total. The number of nitrogens with zero attached hydrogens (tertiary/aromatic N) is 2. The molecule has 0 spiro atoms. The fourth-order valence-corrected chi connectivity index (χ4v) is 6.31. The molecule has 2 aromatic carbocycles. The first-order chi connectivity index (χ1) is 13.9. The Morgan fingerprint density at radius 3 is 2.31 bits per heavy atom. The predicted molar refractivity (Wildman–Crippen MR) is 110 cm³/mol. The van der Waals surface area contributed by atoms with E-state index in [0.717, 1.165) is 0 Å². The van der Waals surface area contributed by atoms with Gasteiger partial charge in [-0.1, -0.05) is 50.2 Å². The minimum absolute atomic E-state index is 0.0612. The number of aromatic nitrogens is 1. The first-order valence-corrected chi connectivity index (χ1v) is 10.2. The largest absolute Gasteiger partial charge is 0.411 e. The molecule has 2 aliphatic heterocycles. The van der Waals surface area contributed by atoms with Crippen LogP contribution in [0.2, 0.25) is 0 Å². The van der Waals surface area contributed by atoms with Gasteiger partial charge in [-0.3, -0.25) is 0 Å². The van der Waals surface area contributed by atoms with E-state index in [1.54, 1.807) is 14.2 Å². The Balaban J connectivity index is 1.75. The number of hydrogen-bond acceptors (Lipinski definition) is 2. The van der Waals surface area contributed by atoms with Crippen LogP contribution >= 0.6 is 0 Å². The van der Waals surface area contributed by atoms with Crippen LogP contribution in [0, 0.1) is 0 Å². The van der Waals surface area contributed by atoms with Crippen molar-refractivity contribution in [2.24, 2.45) is 0 Å². The van der Waals surface area contributed by atoms with E-state index >= 15 is 0 Å². The zero-order chi connectivity index (χ0) is 20.2. The molecular formula is C25H26N2O2+2. The fourth-order valence-electron chi connectivity index (χ4n) is 6.31. The SMILES string of the molecule is CO[N+]1(OC)C2[n+]3ccccc3-c3c(ccc4c3C(C)(C)c3ccccc3-4)C21C. The van der Waals surface area contributed by atoms with Gasteiger partial charge < -0.3 is 0 Å². The molecule has 0 N–H and O–H groups in total. The van der Waals surface area contributed by atoms with Crippen LogP contribution in [0.4, 0.5) is 0 Å². The van der Waals surface area contributed by atoms with Crippen molar-refractivity contribution in [2.45, 2.75) is 37.9 Å². The highest BCUT2D eigenvalue weighted by Crippen LogP contribution is 2.68. The zero-order valence-corrected chi connectivity index (χ0v) is 17.6. The predicted octanol–water partition coefficient (Wildman–Crippen LogP) is 4.63. The monoisotopic (exact) mass is 386 g/mol. The van der Waals surface area contributed by atoms with Crippen LogP contribution < -0.4 is 4.57 Å². The number of rotatable bonds is 2. The van der Waals surface area contributed by atoms with Gasteiger partial charge in [0.05, 0.1) is 19.8 Å². The summed E-state index contributed by atoms with van der Waals surface area (Å²) in [6.07, 6.45) is 2.22. The van der Waals surface area contributed by atoms with Crippen molar-refractivity contribution in [1.29, 1.82) is 0 Å². The summed E-state index contributed by atoms with van der Waals surface area (Å²) in [6.45, 7) is 6.95. The Hall–Kier alpha value is -2.53. The lowest BCUT2D eigenvalue weighted by Crippen LogP contribution is -2.43. The van der Waals surface area contributed by atoms with Gasteiger partial charge in [-0.25, -0.2) is 0 Å². The zero-order valence-electron chi connectivity index (χ0n) is 17.6. The number of quaternary nitrogens is 1. The van der Waals surface area contributed by atoms with Crippen molar-refractivity contribution >= 4 is 0 Å². The first-order valence-electron chi connectivity index (χ1n) is 10.2. The van der Waals surface area contributed by atoms with Crippen molar-refractivity contribution in [3.63, 3.8) is 0 Å². The van der Waals surface area contributed by atoms with E-state index < -0.39 is 0 Å². The number of benzene rings is 2. The van der Waals surface area contributed by atoms with Crippen LogP contribution in [0.5, 0.6) is 0 Å². The number of hydroxylamine groups is 4. The lowest BCUT2D eigenvalue weighted by atomic mass is 9.75. The molecule has 3 heterocycles. The minimum atomic E-state index is -0.294. The lowest BCUT2D eigenvalue weighted by molar-refractivity contribution is -1.22. The quantitative estimate of drug-likeness (QED) is 0.364. The molecule has 3 aromatic rings. The van der Waals surface area contributed by atoms with Crippen molar-refractivity contribution in [3.8, 4) is 22.4 Å². The average Bonchev–Trinajstić information content (AvgIpc) is 3.24. The van der Waals surface area contributed by atoms with Crippen molar-refractivity contribution in [2.75, 3.05) is 14.2 Å². The van der Waals surface area contributed by atoms with Gasteiger partial charge in [0, 0.05) is 34.8 Å². The molecule has 0 radical (unpaired) electrons. The smallest absolute Gasteiger partial charge is 0.164 e. The molecular weight excluding hydrogens is 360 g/mol. The van der Waals surface area contributed by atoms with Gasteiger partial charge in [0.1, 0.15) is 0 Å². The summed E-state index contributed by atoms with van der Waals surface area (Å²) in [5.74, 6) is 0. The van der Waals surface area contributed by atoms with E-state index in [-0.39, 0.29) is 21.9 Å². The highest BCUT2D eigenvalue weighted by atomic mass is 17.0. The molecule has 146 valence electrons. The van der Waals surface area contributed by atoms with E-state index in [9.17, 15) is 0 Å². The van der Waals surface area contributed by atoms with E-state index in [1.807, 2.05) is 0 Å². The van der Waals surface area contributed by atoms with Gasteiger partial charge in [0.2, 0.25) is 5.69 Å². The maximum atomic E-state index is 5.99. The third-order valence-electron chi connectivity index (χ3n) is 7.62. The third-order valence-corrected chi connectivity index (χ3v) is 7.62. The standard InChI is InChI=1S/C25H26N2O2/c1-24(2)18-11-7-6-10-16(18)17-13-14-19-21(22(17)24)20-12-8-9-15-26(20)23-25(19,3)27(23,28-4)29-5/h6-15,23H,1-5H3/q+2. The van der Waals surface area contributed by atoms with Gasteiger partial charge in [-0.15, -0.1) is 4.57 Å². The average molecular weight is 386 g/mol. The summed E-state index contributed by atoms with van der Waals surface area (Å²) in [6, 6.07) is 19.9. The van der Waals surface area contributed by atoms with Gasteiger partial charge in [-0.05, 0) is 28.3 Å². The maximum Gasteiger partial charge on any atom is 0.411 e. The van der Waals surface area contributed by atoms with Crippen molar-refractivity contribution in [3.05, 3.63) is 77.5 Å². The second-order valence-corrected chi connectivity index (χ2v) is 9.06. The Bertz CT molecular complexity index is 1200. The van der Waals surface area contributed by atoms with Crippen LogP contribution in [0.15, 0.2) is 60.8 Å². The van der Waals surface area contributed by atoms with E-state index in [4.69, 9.17) is 9.68 Å². The van der Waals surface area contributed by atoms with E-state index in [1.165, 1.54) is 39.1 Å². The van der Waals surface area contributed by atoms with Gasteiger partial charge in [0.15, 0.2) is 6.20 Å². The molecule has 3 aliphatic rings. The molecule has 0 bridgehead atoms. The fraction of sp³-hybridized carbons (Fsp3) is 0.320. The molecule has 2 atom stereocenters. The van der Waals surface area contributed by atoms with E-state index in [0.29, 0.717) is 0 Å². The Kier molecular flexibility index (Phi) is 3.07. The maximum absolute atomic E-state index is 5.99. The van der Waals surface area contributed by atoms with Crippen LogP contribution in [0.3, 0.4) is 0 Å². The van der Waals surface area contributed by atoms with Crippen molar-refractivity contribution in [1.82, 2.24) is 0 Å². The molecule has 29 heavy (non-hydrogen) atoms. The Morgan fingerprint density at radius 2 is 1.55 bits per heavy atom. The molecule has 1 aliphatic carbocycles. The van der Waals surface area contributed by atoms with Gasteiger partial charge in [0.25, 0.3) is 0 Å². The highest BCUT2D eigenvalue weighted by molar-refractivity contribution is 5.89. The molecule has 6 rings (SSSR count). The normalized spacial score (nSPS) is 26.0. The summed E-state index contributed by atoms with van der Waals surface area (Å²) < 4.78 is 2.34. The molecule has 4 heteroatoms. The lowest BCUT2D eigenvalue weighted by Gasteiger charge is -2.26.